The number of furan rings is 1. The summed E-state index contributed by atoms with van der Waals surface area (Å²) in [6.07, 6.45) is 1.58. The normalized spacial score (nSPS) is 12.2. The Morgan fingerprint density at radius 1 is 1.17 bits per heavy atom. The lowest BCUT2D eigenvalue weighted by atomic mass is 10.0. The van der Waals surface area contributed by atoms with Crippen molar-refractivity contribution in [3.63, 3.8) is 0 Å². The molecule has 2 N–H and O–H groups in total. The van der Waals surface area contributed by atoms with Gasteiger partial charge >= 0.3 is 0 Å². The Hall–Kier alpha value is -1.46. The highest BCUT2D eigenvalue weighted by Crippen LogP contribution is 2.38. The van der Waals surface area contributed by atoms with E-state index in [-0.39, 0.29) is 0 Å². The third kappa shape index (κ3) is 2.23. The Labute approximate surface area is 114 Å². The zero-order chi connectivity index (χ0) is 13.1. The molecule has 96 valence electrons. The van der Waals surface area contributed by atoms with Gasteiger partial charge in [0.1, 0.15) is 17.3 Å². The lowest BCUT2D eigenvalue weighted by molar-refractivity contribution is 0.376. The Morgan fingerprint density at radius 2 is 1.78 bits per heavy atom. The van der Waals surface area contributed by atoms with Crippen molar-refractivity contribution in [1.29, 1.82) is 0 Å². The second-order valence-corrected chi connectivity index (χ2v) is 4.54. The fraction of sp³-hybridized carbons (Fsp3) is 0.231. The number of hydrogen-bond acceptors (Lipinski definition) is 4. The molecule has 1 aromatic heterocycles. The van der Waals surface area contributed by atoms with Crippen molar-refractivity contribution < 1.29 is 13.9 Å². The van der Waals surface area contributed by atoms with Crippen molar-refractivity contribution in [2.24, 2.45) is 5.73 Å². The molecule has 1 heterocycles. The van der Waals surface area contributed by atoms with Gasteiger partial charge in [-0.05, 0) is 34.1 Å². The first-order chi connectivity index (χ1) is 8.69. The maximum absolute atomic E-state index is 6.23. The predicted octanol–water partition coefficient (Wildman–Crippen LogP) is 3.11. The molecule has 0 saturated carbocycles. The Kier molecular flexibility index (Phi) is 3.93. The molecule has 0 saturated heterocycles. The van der Waals surface area contributed by atoms with E-state index in [1.807, 2.05) is 18.2 Å². The molecular formula is C13H14BrNO3. The van der Waals surface area contributed by atoms with Crippen molar-refractivity contribution in [2.45, 2.75) is 6.04 Å². The molecule has 0 bridgehead atoms. The summed E-state index contributed by atoms with van der Waals surface area (Å²) >= 11 is 3.40. The van der Waals surface area contributed by atoms with Crippen LogP contribution in [0.5, 0.6) is 11.5 Å². The minimum absolute atomic E-state index is 0.458. The average molecular weight is 312 g/mol. The zero-order valence-electron chi connectivity index (χ0n) is 10.1. The summed E-state index contributed by atoms with van der Waals surface area (Å²) in [5.41, 5.74) is 6.99. The van der Waals surface area contributed by atoms with Crippen molar-refractivity contribution in [3.05, 3.63) is 46.3 Å². The average Bonchev–Trinajstić information content (AvgIpc) is 2.83. The van der Waals surface area contributed by atoms with Gasteiger partial charge in [0.05, 0.1) is 36.6 Å². The minimum atomic E-state index is -0.458. The smallest absolute Gasteiger partial charge is 0.139 e. The largest absolute Gasteiger partial charge is 0.496 e. The van der Waals surface area contributed by atoms with Gasteiger partial charge in [0, 0.05) is 0 Å². The van der Waals surface area contributed by atoms with E-state index in [0.29, 0.717) is 17.3 Å². The second kappa shape index (κ2) is 5.46. The van der Waals surface area contributed by atoms with Crippen LogP contribution in [0.15, 0.2) is 39.4 Å². The van der Waals surface area contributed by atoms with Gasteiger partial charge in [0.15, 0.2) is 0 Å². The van der Waals surface area contributed by atoms with Gasteiger partial charge < -0.3 is 19.6 Å². The number of methoxy groups -OCH3 is 2. The Morgan fingerprint density at radius 3 is 2.22 bits per heavy atom. The van der Waals surface area contributed by atoms with E-state index in [1.165, 1.54) is 0 Å². The minimum Gasteiger partial charge on any atom is -0.496 e. The number of ether oxygens (including phenoxy) is 2. The molecule has 0 aliphatic carbocycles. The molecule has 2 aromatic rings. The summed E-state index contributed by atoms with van der Waals surface area (Å²) < 4.78 is 16.9. The Balaban J connectivity index is 2.52. The van der Waals surface area contributed by atoms with Gasteiger partial charge in [-0.15, -0.1) is 0 Å². The van der Waals surface area contributed by atoms with Crippen LogP contribution in [0.3, 0.4) is 0 Å². The van der Waals surface area contributed by atoms with Crippen molar-refractivity contribution in [2.75, 3.05) is 14.2 Å². The maximum atomic E-state index is 6.23. The first-order valence-electron chi connectivity index (χ1n) is 5.38. The molecule has 4 nitrogen and oxygen atoms in total. The highest BCUT2D eigenvalue weighted by atomic mass is 79.9. The van der Waals surface area contributed by atoms with Gasteiger partial charge in [0.2, 0.25) is 0 Å². The van der Waals surface area contributed by atoms with Crippen LogP contribution in [-0.2, 0) is 0 Å². The van der Waals surface area contributed by atoms with E-state index in [2.05, 4.69) is 15.9 Å². The molecule has 0 amide bonds. The molecule has 0 spiro atoms. The van der Waals surface area contributed by atoms with E-state index < -0.39 is 6.04 Å². The molecule has 1 aromatic carbocycles. The third-order valence-corrected chi connectivity index (χ3v) is 3.36. The number of nitrogens with two attached hydrogens (primary N) is 1. The van der Waals surface area contributed by atoms with Gasteiger partial charge in [-0.25, -0.2) is 0 Å². The van der Waals surface area contributed by atoms with E-state index in [9.17, 15) is 0 Å². The molecule has 0 aliphatic heterocycles. The lowest BCUT2D eigenvalue weighted by Gasteiger charge is -2.17. The van der Waals surface area contributed by atoms with Crippen molar-refractivity contribution in [3.8, 4) is 11.5 Å². The highest BCUT2D eigenvalue weighted by molar-refractivity contribution is 9.10. The molecule has 0 fully saturated rings. The Bertz CT molecular complexity index is 517. The van der Waals surface area contributed by atoms with Crippen molar-refractivity contribution in [1.82, 2.24) is 0 Å². The monoisotopic (exact) mass is 311 g/mol. The third-order valence-electron chi connectivity index (χ3n) is 2.70. The summed E-state index contributed by atoms with van der Waals surface area (Å²) in [6.45, 7) is 0. The summed E-state index contributed by atoms with van der Waals surface area (Å²) in [6, 6.07) is 6.88. The molecule has 2 rings (SSSR count). The first-order valence-corrected chi connectivity index (χ1v) is 6.17. The molecule has 1 atom stereocenters. The predicted molar refractivity (Wildman–Crippen MR) is 72.0 cm³/mol. The van der Waals surface area contributed by atoms with Crippen LogP contribution in [0, 0.1) is 0 Å². The van der Waals surface area contributed by atoms with Gasteiger partial charge in [0.25, 0.3) is 0 Å². The first kappa shape index (κ1) is 13.0. The number of benzene rings is 1. The van der Waals surface area contributed by atoms with Crippen LogP contribution in [0.25, 0.3) is 0 Å². The fourth-order valence-corrected chi connectivity index (χ4v) is 2.29. The summed E-state index contributed by atoms with van der Waals surface area (Å²) in [5, 5.41) is 0. The van der Waals surface area contributed by atoms with E-state index >= 15 is 0 Å². The quantitative estimate of drug-likeness (QED) is 0.942. The standard InChI is InChI=1S/C13H14BrNO3/c1-16-9-4-3-5-10(17-2)11(9)12(15)13-8(14)6-7-18-13/h3-7,12H,15H2,1-2H3. The SMILES string of the molecule is COc1cccc(OC)c1C(N)c1occc1Br. The fourth-order valence-electron chi connectivity index (χ4n) is 1.84. The summed E-state index contributed by atoms with van der Waals surface area (Å²) in [7, 11) is 3.20. The molecule has 0 radical (unpaired) electrons. The van der Waals surface area contributed by atoms with Crippen LogP contribution in [0.1, 0.15) is 17.4 Å². The topological polar surface area (TPSA) is 57.6 Å². The second-order valence-electron chi connectivity index (χ2n) is 3.69. The van der Waals surface area contributed by atoms with Crippen LogP contribution in [0.2, 0.25) is 0 Å². The molecule has 1 unspecified atom stereocenters. The van der Waals surface area contributed by atoms with Crippen LogP contribution >= 0.6 is 15.9 Å². The van der Waals surface area contributed by atoms with Gasteiger partial charge in [-0.1, -0.05) is 6.07 Å². The molecule has 0 aliphatic rings. The highest BCUT2D eigenvalue weighted by Gasteiger charge is 2.23. The van der Waals surface area contributed by atoms with Gasteiger partial charge in [-0.2, -0.15) is 0 Å². The van der Waals surface area contributed by atoms with Crippen LogP contribution in [-0.4, -0.2) is 14.2 Å². The summed E-state index contributed by atoms with van der Waals surface area (Å²) in [5.74, 6) is 1.98. The number of hydrogen-bond donors (Lipinski definition) is 1. The number of rotatable bonds is 4. The molecular weight excluding hydrogens is 298 g/mol. The van der Waals surface area contributed by atoms with E-state index in [0.717, 1.165) is 10.0 Å². The van der Waals surface area contributed by atoms with E-state index in [1.54, 1.807) is 26.5 Å². The molecule has 5 heteroatoms. The lowest BCUT2D eigenvalue weighted by Crippen LogP contribution is -2.14. The summed E-state index contributed by atoms with van der Waals surface area (Å²) in [4.78, 5) is 0. The van der Waals surface area contributed by atoms with Crippen molar-refractivity contribution >= 4 is 15.9 Å². The van der Waals surface area contributed by atoms with Crippen LogP contribution < -0.4 is 15.2 Å². The number of halogens is 1. The maximum Gasteiger partial charge on any atom is 0.139 e. The van der Waals surface area contributed by atoms with E-state index in [4.69, 9.17) is 19.6 Å². The van der Waals surface area contributed by atoms with Crippen LogP contribution in [0.4, 0.5) is 0 Å². The van der Waals surface area contributed by atoms with Gasteiger partial charge in [-0.3, -0.25) is 0 Å². The zero-order valence-corrected chi connectivity index (χ0v) is 11.7. The molecule has 18 heavy (non-hydrogen) atoms.